The maximum Gasteiger partial charge on any atom is 0.338 e. The molecule has 11 atom stereocenters. The number of aliphatic hydroxyl groups excluding tert-OH is 4. The van der Waals surface area contributed by atoms with Crippen LogP contribution in [0.25, 0.3) is 0 Å². The average molecular weight is 746 g/mol. The fraction of sp³-hybridized carbons (Fsp3) is 0.444. The van der Waals surface area contributed by atoms with Gasteiger partial charge >= 0.3 is 5.97 Å². The van der Waals surface area contributed by atoms with E-state index in [9.17, 15) is 30.0 Å². The van der Waals surface area contributed by atoms with Gasteiger partial charge in [-0.3, -0.25) is 4.79 Å². The Hall–Kier alpha value is -3.71. The van der Waals surface area contributed by atoms with Crippen LogP contribution in [0.5, 0.6) is 5.75 Å². The Labute approximate surface area is 303 Å². The minimum Gasteiger partial charge on any atom is -0.497 e. The third-order valence-electron chi connectivity index (χ3n) is 8.80. The van der Waals surface area contributed by atoms with Crippen molar-refractivity contribution in [3.63, 3.8) is 0 Å². The lowest BCUT2D eigenvalue weighted by molar-refractivity contribution is -0.386. The smallest absolute Gasteiger partial charge is 0.338 e. The van der Waals surface area contributed by atoms with E-state index in [1.807, 2.05) is 18.2 Å². The Kier molecular flexibility index (Phi) is 12.4. The van der Waals surface area contributed by atoms with Crippen molar-refractivity contribution >= 4 is 29.2 Å². The number of hydrogen-bond acceptors (Lipinski definition) is 14. The van der Waals surface area contributed by atoms with Gasteiger partial charge in [-0.2, -0.15) is 0 Å². The van der Waals surface area contributed by atoms with Crippen molar-refractivity contribution in [2.24, 2.45) is 0 Å². The lowest BCUT2D eigenvalue weighted by Crippen LogP contribution is -2.66. The molecule has 15 nitrogen and oxygen atoms in total. The van der Waals surface area contributed by atoms with Gasteiger partial charge in [-0.15, -0.1) is 0 Å². The van der Waals surface area contributed by atoms with E-state index in [0.29, 0.717) is 27.6 Å². The SMILES string of the molecule is COc1ccc(C(=O)OC[C@H]2O[C@@H](OCc3ccc(Cl)c(NC(C)=O)c3)[C@H](O)[C@@H](O)[C@@H]2O[C@H]2O[C@@H]3COC(c4ccccc4)O[C@H]3[C@H](O)[C@H]2O)cc1. The summed E-state index contributed by atoms with van der Waals surface area (Å²) in [5.41, 5.74) is 1.81. The molecule has 3 fully saturated rings. The summed E-state index contributed by atoms with van der Waals surface area (Å²) >= 11 is 6.18. The zero-order valence-corrected chi connectivity index (χ0v) is 28.9. The van der Waals surface area contributed by atoms with E-state index >= 15 is 0 Å². The van der Waals surface area contributed by atoms with Crippen molar-refractivity contribution in [3.8, 4) is 5.75 Å². The summed E-state index contributed by atoms with van der Waals surface area (Å²) in [5.74, 6) is -0.531. The predicted octanol–water partition coefficient (Wildman–Crippen LogP) is 2.07. The summed E-state index contributed by atoms with van der Waals surface area (Å²) in [5, 5.41) is 47.6. The molecule has 0 saturated carbocycles. The molecule has 0 aliphatic carbocycles. The van der Waals surface area contributed by atoms with Crippen molar-refractivity contribution in [1.29, 1.82) is 0 Å². The number of ether oxygens (including phenoxy) is 8. The molecular formula is C36H40ClNO14. The number of fused-ring (bicyclic) bond motifs is 1. The number of hydrogen-bond donors (Lipinski definition) is 5. The van der Waals surface area contributed by atoms with Gasteiger partial charge in [-0.1, -0.05) is 48.0 Å². The molecule has 6 rings (SSSR count). The number of aliphatic hydroxyl groups is 4. The van der Waals surface area contributed by atoms with Crippen LogP contribution < -0.4 is 10.1 Å². The number of carbonyl (C=O) groups excluding carboxylic acids is 2. The van der Waals surface area contributed by atoms with Crippen molar-refractivity contribution in [2.75, 3.05) is 25.6 Å². The van der Waals surface area contributed by atoms with E-state index in [0.717, 1.165) is 0 Å². The van der Waals surface area contributed by atoms with Crippen LogP contribution in [-0.2, 0) is 44.6 Å². The van der Waals surface area contributed by atoms with Gasteiger partial charge < -0.3 is 63.6 Å². The highest BCUT2D eigenvalue weighted by Gasteiger charge is 2.53. The number of carbonyl (C=O) groups is 2. The molecular weight excluding hydrogens is 706 g/mol. The monoisotopic (exact) mass is 745 g/mol. The van der Waals surface area contributed by atoms with E-state index in [1.54, 1.807) is 42.5 Å². The van der Waals surface area contributed by atoms with E-state index in [4.69, 9.17) is 49.5 Å². The molecule has 3 aliphatic rings. The van der Waals surface area contributed by atoms with Crippen LogP contribution in [-0.4, -0.2) is 114 Å². The second kappa shape index (κ2) is 17.0. The number of amides is 1. The molecule has 5 N–H and O–H groups in total. The largest absolute Gasteiger partial charge is 0.497 e. The minimum atomic E-state index is -1.73. The van der Waals surface area contributed by atoms with Gasteiger partial charge in [0.25, 0.3) is 0 Å². The first kappa shape index (κ1) is 38.0. The number of rotatable bonds is 11. The zero-order valence-electron chi connectivity index (χ0n) is 28.1. The molecule has 3 aromatic rings. The number of methoxy groups -OCH3 is 1. The van der Waals surface area contributed by atoms with Crippen LogP contribution in [0, 0.1) is 0 Å². The summed E-state index contributed by atoms with van der Waals surface area (Å²) in [4.78, 5) is 24.6. The molecule has 3 heterocycles. The molecule has 3 saturated heterocycles. The van der Waals surface area contributed by atoms with Crippen molar-refractivity contribution < 1.29 is 67.9 Å². The normalized spacial score (nSPS) is 31.6. The molecule has 0 radical (unpaired) electrons. The standard InChI is InChI=1S/C36H40ClNO14/c1-18(39)38-24-14-19(8-13-23(24)37)15-47-35-29(42)27(40)32(25(49-35)16-46-33(44)20-9-11-22(45-2)12-10-20)52-36-30(43)28(41)31-26(50-36)17-48-34(51-31)21-6-4-3-5-7-21/h3-14,25-32,34-36,40-43H,15-17H2,1-2H3,(H,38,39)/t25-,26-,27-,28-,29-,30-,31-,32-,34?,35-,36-/m1/s1. The third kappa shape index (κ3) is 8.73. The Morgan fingerprint density at radius 3 is 2.33 bits per heavy atom. The highest BCUT2D eigenvalue weighted by atomic mass is 35.5. The Balaban J connectivity index is 1.16. The van der Waals surface area contributed by atoms with Crippen molar-refractivity contribution in [3.05, 3.63) is 94.5 Å². The van der Waals surface area contributed by atoms with Crippen LogP contribution >= 0.6 is 11.6 Å². The van der Waals surface area contributed by atoms with Gasteiger partial charge in [0.15, 0.2) is 18.9 Å². The fourth-order valence-corrected chi connectivity index (χ4v) is 6.23. The first-order chi connectivity index (χ1) is 25.0. The Morgan fingerprint density at radius 2 is 1.62 bits per heavy atom. The summed E-state index contributed by atoms with van der Waals surface area (Å²) in [6.07, 6.45) is -15.0. The van der Waals surface area contributed by atoms with Crippen molar-refractivity contribution in [2.45, 2.75) is 81.2 Å². The summed E-state index contributed by atoms with van der Waals surface area (Å²) in [6.45, 7) is 0.677. The van der Waals surface area contributed by atoms with Gasteiger partial charge in [0.05, 0.1) is 36.6 Å². The van der Waals surface area contributed by atoms with Crippen molar-refractivity contribution in [1.82, 2.24) is 0 Å². The van der Waals surface area contributed by atoms with Crippen LogP contribution in [0.1, 0.15) is 34.7 Å². The van der Waals surface area contributed by atoms with Gasteiger partial charge in [-0.25, -0.2) is 4.79 Å². The Bertz CT molecular complexity index is 1660. The third-order valence-corrected chi connectivity index (χ3v) is 9.13. The van der Waals surface area contributed by atoms with E-state index in [-0.39, 0.29) is 24.7 Å². The highest BCUT2D eigenvalue weighted by Crippen LogP contribution is 2.36. The lowest BCUT2D eigenvalue weighted by atomic mass is 9.96. The summed E-state index contributed by atoms with van der Waals surface area (Å²) in [6, 6.07) is 20.0. The number of esters is 1. The molecule has 16 heteroatoms. The molecule has 0 bridgehead atoms. The molecule has 3 aromatic carbocycles. The topological polar surface area (TPSA) is 201 Å². The molecule has 52 heavy (non-hydrogen) atoms. The molecule has 280 valence electrons. The number of benzene rings is 3. The zero-order chi connectivity index (χ0) is 36.9. The van der Waals surface area contributed by atoms with Gasteiger partial charge in [0, 0.05) is 12.5 Å². The summed E-state index contributed by atoms with van der Waals surface area (Å²) in [7, 11) is 1.49. The first-order valence-electron chi connectivity index (χ1n) is 16.5. The Morgan fingerprint density at radius 1 is 0.885 bits per heavy atom. The highest BCUT2D eigenvalue weighted by molar-refractivity contribution is 6.33. The number of halogens is 1. The van der Waals surface area contributed by atoms with Crippen LogP contribution in [0.15, 0.2) is 72.8 Å². The van der Waals surface area contributed by atoms with E-state index < -0.39 is 80.3 Å². The molecule has 3 aliphatic heterocycles. The minimum absolute atomic E-state index is 0.0205. The molecule has 0 spiro atoms. The predicted molar refractivity (Wildman–Crippen MR) is 180 cm³/mol. The van der Waals surface area contributed by atoms with Gasteiger partial charge in [0.2, 0.25) is 5.91 Å². The lowest BCUT2D eigenvalue weighted by Gasteiger charge is -2.48. The first-order valence-corrected chi connectivity index (χ1v) is 16.9. The van der Waals surface area contributed by atoms with Crippen LogP contribution in [0.4, 0.5) is 5.69 Å². The maximum atomic E-state index is 13.0. The summed E-state index contributed by atoms with van der Waals surface area (Å²) < 4.78 is 46.3. The van der Waals surface area contributed by atoms with E-state index in [1.165, 1.54) is 26.2 Å². The van der Waals surface area contributed by atoms with Gasteiger partial charge in [0.1, 0.15) is 61.2 Å². The van der Waals surface area contributed by atoms with E-state index in [2.05, 4.69) is 5.32 Å². The number of anilines is 1. The molecule has 1 amide bonds. The molecule has 1 unspecified atom stereocenters. The second-order valence-corrected chi connectivity index (χ2v) is 12.9. The average Bonchev–Trinajstić information content (AvgIpc) is 3.15. The van der Waals surface area contributed by atoms with Crippen LogP contribution in [0.3, 0.4) is 0 Å². The fourth-order valence-electron chi connectivity index (χ4n) is 6.06. The molecule has 0 aromatic heterocycles. The van der Waals surface area contributed by atoms with Crippen LogP contribution in [0.2, 0.25) is 5.02 Å². The maximum absolute atomic E-state index is 13.0. The quantitative estimate of drug-likeness (QED) is 0.179. The van der Waals surface area contributed by atoms with Gasteiger partial charge in [-0.05, 0) is 42.0 Å². The number of nitrogens with one attached hydrogen (secondary N) is 1. The second-order valence-electron chi connectivity index (χ2n) is 12.5.